The van der Waals surface area contributed by atoms with Crippen molar-refractivity contribution < 1.29 is 19.5 Å². The molecule has 21 heavy (non-hydrogen) atoms. The summed E-state index contributed by atoms with van der Waals surface area (Å²) in [6.45, 7) is 5.08. The summed E-state index contributed by atoms with van der Waals surface area (Å²) < 4.78 is 10.4. The van der Waals surface area contributed by atoms with Crippen molar-refractivity contribution >= 4 is 5.69 Å². The van der Waals surface area contributed by atoms with Gasteiger partial charge in [-0.3, -0.25) is 10.1 Å². The van der Waals surface area contributed by atoms with Crippen molar-refractivity contribution in [1.29, 1.82) is 0 Å². The Morgan fingerprint density at radius 2 is 2.14 bits per heavy atom. The number of benzene rings is 1. The lowest BCUT2D eigenvalue weighted by molar-refractivity contribution is -0.386. The average molecular weight is 298 g/mol. The van der Waals surface area contributed by atoms with Gasteiger partial charge in [-0.25, -0.2) is 0 Å². The zero-order valence-corrected chi connectivity index (χ0v) is 12.5. The van der Waals surface area contributed by atoms with Gasteiger partial charge >= 0.3 is 5.69 Å². The van der Waals surface area contributed by atoms with E-state index in [4.69, 9.17) is 9.47 Å². The Hall–Kier alpha value is -1.70. The van der Waals surface area contributed by atoms with Crippen molar-refractivity contribution in [3.8, 4) is 5.75 Å². The van der Waals surface area contributed by atoms with Crippen molar-refractivity contribution in [1.82, 2.24) is 5.32 Å². The van der Waals surface area contributed by atoms with Gasteiger partial charge in [0.05, 0.1) is 17.6 Å². The van der Waals surface area contributed by atoms with Crippen molar-refractivity contribution in [2.45, 2.75) is 32.6 Å². The highest BCUT2D eigenvalue weighted by Gasteiger charge is 2.19. The maximum Gasteiger partial charge on any atom is 0.310 e. The first kappa shape index (κ1) is 17.4. The molecule has 0 radical (unpaired) electrons. The van der Waals surface area contributed by atoms with Crippen LogP contribution in [0.2, 0.25) is 0 Å². The highest BCUT2D eigenvalue weighted by atomic mass is 16.6. The molecule has 0 fully saturated rings. The summed E-state index contributed by atoms with van der Waals surface area (Å²) in [4.78, 5) is 10.5. The number of rotatable bonds is 9. The van der Waals surface area contributed by atoms with Crippen LogP contribution < -0.4 is 10.1 Å². The van der Waals surface area contributed by atoms with E-state index in [0.29, 0.717) is 19.7 Å². The van der Waals surface area contributed by atoms with E-state index in [0.717, 1.165) is 5.56 Å². The van der Waals surface area contributed by atoms with E-state index in [1.54, 1.807) is 33.1 Å². The SMILES string of the molecule is COCCNCc1ccc([N+](=O)[O-])c(OC(C)C(C)O)c1. The molecule has 0 amide bonds. The first-order valence-electron chi connectivity index (χ1n) is 6.77. The zero-order chi connectivity index (χ0) is 15.8. The van der Waals surface area contributed by atoms with Crippen LogP contribution in [0.4, 0.5) is 5.69 Å². The molecule has 2 atom stereocenters. The van der Waals surface area contributed by atoms with Gasteiger partial charge in [-0.2, -0.15) is 0 Å². The fraction of sp³-hybridized carbons (Fsp3) is 0.571. The van der Waals surface area contributed by atoms with Crippen LogP contribution in [0.3, 0.4) is 0 Å². The Balaban J connectivity index is 2.82. The second-order valence-corrected chi connectivity index (χ2v) is 4.79. The second kappa shape index (κ2) is 8.56. The van der Waals surface area contributed by atoms with Gasteiger partial charge in [0.1, 0.15) is 6.10 Å². The number of hydrogen-bond acceptors (Lipinski definition) is 6. The van der Waals surface area contributed by atoms with Gasteiger partial charge in [0.15, 0.2) is 5.75 Å². The van der Waals surface area contributed by atoms with Crippen LogP contribution in [-0.4, -0.2) is 42.5 Å². The summed E-state index contributed by atoms with van der Waals surface area (Å²) >= 11 is 0. The lowest BCUT2D eigenvalue weighted by Gasteiger charge is -2.17. The molecule has 1 aromatic carbocycles. The fourth-order valence-corrected chi connectivity index (χ4v) is 1.62. The number of hydrogen-bond donors (Lipinski definition) is 2. The molecule has 2 N–H and O–H groups in total. The first-order valence-corrected chi connectivity index (χ1v) is 6.77. The Morgan fingerprint density at radius 3 is 2.71 bits per heavy atom. The molecule has 1 rings (SSSR count). The maximum absolute atomic E-state index is 11.0. The number of ether oxygens (including phenoxy) is 2. The van der Waals surface area contributed by atoms with Crippen molar-refractivity contribution in [3.63, 3.8) is 0 Å². The Bertz CT molecular complexity index is 465. The molecular formula is C14H22N2O5. The van der Waals surface area contributed by atoms with Crippen molar-refractivity contribution in [2.75, 3.05) is 20.3 Å². The molecule has 7 nitrogen and oxygen atoms in total. The topological polar surface area (TPSA) is 93.9 Å². The Kier molecular flexibility index (Phi) is 7.07. The number of nitro groups is 1. The number of methoxy groups -OCH3 is 1. The predicted octanol–water partition coefficient (Wildman–Crippen LogP) is 1.48. The maximum atomic E-state index is 11.0. The quantitative estimate of drug-likeness (QED) is 0.407. The molecule has 0 spiro atoms. The third kappa shape index (κ3) is 5.66. The van der Waals surface area contributed by atoms with E-state index < -0.39 is 17.1 Å². The lowest BCUT2D eigenvalue weighted by Crippen LogP contribution is -2.26. The molecule has 0 heterocycles. The monoisotopic (exact) mass is 298 g/mol. The fourth-order valence-electron chi connectivity index (χ4n) is 1.62. The molecule has 118 valence electrons. The summed E-state index contributed by atoms with van der Waals surface area (Å²) in [6, 6.07) is 4.71. The smallest absolute Gasteiger partial charge is 0.310 e. The molecule has 0 saturated heterocycles. The van der Waals surface area contributed by atoms with Crippen LogP contribution in [-0.2, 0) is 11.3 Å². The molecule has 0 aliphatic heterocycles. The molecule has 0 aliphatic rings. The van der Waals surface area contributed by atoms with E-state index in [2.05, 4.69) is 5.32 Å². The van der Waals surface area contributed by atoms with Crippen molar-refractivity contribution in [2.24, 2.45) is 0 Å². The molecule has 0 bridgehead atoms. The Labute approximate surface area is 124 Å². The normalized spacial score (nSPS) is 13.7. The van der Waals surface area contributed by atoms with Crippen LogP contribution in [0.15, 0.2) is 18.2 Å². The molecule has 1 aromatic rings. The van der Waals surface area contributed by atoms with E-state index in [9.17, 15) is 15.2 Å². The van der Waals surface area contributed by atoms with Gasteiger partial charge in [0, 0.05) is 26.3 Å². The molecule has 0 saturated carbocycles. The summed E-state index contributed by atoms with van der Waals surface area (Å²) in [5, 5.41) is 23.6. The molecular weight excluding hydrogens is 276 g/mol. The van der Waals surface area contributed by atoms with E-state index in [1.165, 1.54) is 6.07 Å². The lowest BCUT2D eigenvalue weighted by atomic mass is 10.1. The number of aliphatic hydroxyl groups is 1. The van der Waals surface area contributed by atoms with Gasteiger partial charge in [-0.05, 0) is 25.5 Å². The minimum Gasteiger partial charge on any atom is -0.481 e. The predicted molar refractivity (Wildman–Crippen MR) is 78.4 cm³/mol. The standard InChI is InChI=1S/C14H22N2O5/c1-10(17)11(2)21-14-8-12(9-15-6-7-20-3)4-5-13(14)16(18)19/h4-5,8,10-11,15,17H,6-7,9H2,1-3H3. The highest BCUT2D eigenvalue weighted by molar-refractivity contribution is 5.48. The number of nitrogens with zero attached hydrogens (tertiary/aromatic N) is 1. The molecule has 2 unspecified atom stereocenters. The largest absolute Gasteiger partial charge is 0.481 e. The first-order chi connectivity index (χ1) is 9.95. The summed E-state index contributed by atoms with van der Waals surface area (Å²) in [6.07, 6.45) is -1.24. The van der Waals surface area contributed by atoms with Crippen LogP contribution >= 0.6 is 0 Å². The number of aliphatic hydroxyl groups excluding tert-OH is 1. The zero-order valence-electron chi connectivity index (χ0n) is 12.5. The third-order valence-electron chi connectivity index (χ3n) is 3.03. The van der Waals surface area contributed by atoms with Crippen LogP contribution in [0, 0.1) is 10.1 Å². The van der Waals surface area contributed by atoms with Gasteiger partial charge in [-0.15, -0.1) is 0 Å². The summed E-state index contributed by atoms with van der Waals surface area (Å²) in [5.41, 5.74) is 0.757. The number of nitro benzene ring substituents is 1. The summed E-state index contributed by atoms with van der Waals surface area (Å²) in [5.74, 6) is 0.166. The summed E-state index contributed by atoms with van der Waals surface area (Å²) in [7, 11) is 1.62. The van der Waals surface area contributed by atoms with Gasteiger partial charge < -0.3 is 19.9 Å². The van der Waals surface area contributed by atoms with E-state index >= 15 is 0 Å². The average Bonchev–Trinajstić information content (AvgIpc) is 2.43. The van der Waals surface area contributed by atoms with Gasteiger partial charge in [-0.1, -0.05) is 6.07 Å². The van der Waals surface area contributed by atoms with Gasteiger partial charge in [0.2, 0.25) is 0 Å². The molecule has 7 heteroatoms. The molecule has 0 aromatic heterocycles. The minimum absolute atomic E-state index is 0.108. The third-order valence-corrected chi connectivity index (χ3v) is 3.03. The molecule has 0 aliphatic carbocycles. The van der Waals surface area contributed by atoms with Crippen LogP contribution in [0.25, 0.3) is 0 Å². The highest BCUT2D eigenvalue weighted by Crippen LogP contribution is 2.29. The number of nitrogens with one attached hydrogen (secondary N) is 1. The van der Waals surface area contributed by atoms with Crippen LogP contribution in [0.5, 0.6) is 5.75 Å². The van der Waals surface area contributed by atoms with E-state index in [-0.39, 0.29) is 11.4 Å². The van der Waals surface area contributed by atoms with Crippen LogP contribution in [0.1, 0.15) is 19.4 Å². The Morgan fingerprint density at radius 1 is 1.43 bits per heavy atom. The van der Waals surface area contributed by atoms with Crippen molar-refractivity contribution in [3.05, 3.63) is 33.9 Å². The van der Waals surface area contributed by atoms with Gasteiger partial charge in [0.25, 0.3) is 0 Å². The second-order valence-electron chi connectivity index (χ2n) is 4.79. The minimum atomic E-state index is -0.715. The van der Waals surface area contributed by atoms with E-state index in [1.807, 2.05) is 0 Å².